The van der Waals surface area contributed by atoms with E-state index in [1.807, 2.05) is 56.2 Å². The topological polar surface area (TPSA) is 101 Å². The minimum absolute atomic E-state index is 0. The maximum Gasteiger partial charge on any atom is 0.335 e. The van der Waals surface area contributed by atoms with E-state index in [4.69, 9.17) is 15.3 Å². The number of aliphatic hydroxyl groups is 2. The van der Waals surface area contributed by atoms with Crippen molar-refractivity contribution in [2.75, 3.05) is 54.5 Å². The summed E-state index contributed by atoms with van der Waals surface area (Å²) in [6.45, 7) is 5.31. The number of aliphatic hydroxyl groups excluding tert-OH is 2. The zero-order valence-corrected chi connectivity index (χ0v) is 22.0. The minimum atomic E-state index is -0.879. The molecule has 7 nitrogen and oxygen atoms in total. The van der Waals surface area contributed by atoms with E-state index in [9.17, 15) is 9.59 Å². The summed E-state index contributed by atoms with van der Waals surface area (Å²) in [7, 11) is 7.71. The molecule has 0 atom stereocenters. The monoisotopic (exact) mass is 483 g/mol. The Labute approximate surface area is 199 Å². The number of nitrogens with zero attached hydrogens (tertiary/aromatic N) is 2. The van der Waals surface area contributed by atoms with Gasteiger partial charge in [-0.25, -0.2) is 4.79 Å². The van der Waals surface area contributed by atoms with Crippen LogP contribution in [0.5, 0.6) is 0 Å². The third kappa shape index (κ3) is 24.1. The maximum absolute atomic E-state index is 10.5. The van der Waals surface area contributed by atoms with E-state index in [0.717, 1.165) is 13.1 Å². The minimum Gasteiger partial charge on any atom is -0.478 e. The fourth-order valence-electron chi connectivity index (χ4n) is 1.60. The molecule has 3 N–H and O–H groups in total. The van der Waals surface area contributed by atoms with E-state index >= 15 is 0 Å². The quantitative estimate of drug-likeness (QED) is 0.328. The molecular weight excluding hydrogens is 450 g/mol. The number of carbonyl (C=O) groups excluding carboxylic acids is 1. The van der Waals surface area contributed by atoms with Crippen LogP contribution >= 0.6 is 0 Å². The summed E-state index contributed by atoms with van der Waals surface area (Å²) < 4.78 is 0. The average Bonchev–Trinajstić information content (AvgIpc) is 2.70. The zero-order chi connectivity index (χ0) is 23.4. The van der Waals surface area contributed by atoms with Crippen molar-refractivity contribution < 1.29 is 44.4 Å². The summed E-state index contributed by atoms with van der Waals surface area (Å²) in [6.07, 6.45) is 0. The van der Waals surface area contributed by atoms with Crippen LogP contribution in [-0.4, -0.2) is 91.4 Å². The van der Waals surface area contributed by atoms with Crippen molar-refractivity contribution in [3.05, 3.63) is 78.7 Å². The van der Waals surface area contributed by atoms with E-state index in [0.29, 0.717) is 11.1 Å². The van der Waals surface area contributed by atoms with Gasteiger partial charge in [-0.15, -0.1) is 17.7 Å². The molecule has 0 radical (unpaired) electrons. The first-order valence-corrected chi connectivity index (χ1v) is 9.36. The van der Waals surface area contributed by atoms with Gasteiger partial charge in [-0.2, -0.15) is 6.92 Å². The molecule has 0 saturated carbocycles. The molecule has 0 amide bonds. The Bertz CT molecular complexity index is 609. The Morgan fingerprint density at radius 1 is 0.742 bits per heavy atom. The van der Waals surface area contributed by atoms with E-state index in [1.54, 1.807) is 42.5 Å². The first-order chi connectivity index (χ1) is 14.1. The molecule has 0 unspecified atom stereocenters. The molecule has 0 spiro atoms. The van der Waals surface area contributed by atoms with Gasteiger partial charge in [0.2, 0.25) is 0 Å². The van der Waals surface area contributed by atoms with Gasteiger partial charge in [0.15, 0.2) is 0 Å². The van der Waals surface area contributed by atoms with Crippen LogP contribution in [0.3, 0.4) is 0 Å². The summed E-state index contributed by atoms with van der Waals surface area (Å²) in [4.78, 5) is 24.6. The number of carboxylic acids is 1. The van der Waals surface area contributed by atoms with Crippen LogP contribution in [-0.2, 0) is 19.5 Å². The van der Waals surface area contributed by atoms with Crippen molar-refractivity contribution in [3.8, 4) is 0 Å². The Hall–Kier alpha value is -2.09. The summed E-state index contributed by atoms with van der Waals surface area (Å²) in [6, 6.07) is 17.3. The van der Waals surface area contributed by atoms with Crippen LogP contribution < -0.4 is 0 Å². The molecule has 0 aliphatic heterocycles. The number of Topliss-reactive ketones (excluding diaryl/α,β-unsaturated/α-hetero) is 1. The summed E-state index contributed by atoms with van der Waals surface area (Å²) >= 11 is 0. The van der Waals surface area contributed by atoms with Crippen molar-refractivity contribution in [1.82, 2.24) is 9.80 Å². The van der Waals surface area contributed by atoms with Crippen molar-refractivity contribution >= 4 is 11.8 Å². The normalized spacial score (nSPS) is 9.03. The average molecular weight is 485 g/mol. The van der Waals surface area contributed by atoms with Gasteiger partial charge in [0.05, 0.1) is 18.8 Å². The van der Waals surface area contributed by atoms with Crippen LogP contribution in [0.15, 0.2) is 60.7 Å². The first-order valence-electron chi connectivity index (χ1n) is 9.36. The molecule has 2 aromatic carbocycles. The van der Waals surface area contributed by atoms with Gasteiger partial charge in [0, 0.05) is 38.4 Å². The number of aromatic carboxylic acids is 1. The van der Waals surface area contributed by atoms with E-state index in [-0.39, 0.29) is 38.5 Å². The van der Waals surface area contributed by atoms with Gasteiger partial charge < -0.3 is 29.9 Å². The van der Waals surface area contributed by atoms with Gasteiger partial charge in [0.1, 0.15) is 0 Å². The fraction of sp³-hybridized carbons (Fsp3) is 0.348. The van der Waals surface area contributed by atoms with Crippen molar-refractivity contribution in [3.63, 3.8) is 0 Å². The number of rotatable bonds is 6. The van der Waals surface area contributed by atoms with Crippen LogP contribution in [0.1, 0.15) is 20.7 Å². The molecule has 0 aliphatic rings. The molecular formula is C23H35N2O5Zn-. The van der Waals surface area contributed by atoms with Gasteiger partial charge >= 0.3 is 5.97 Å². The summed E-state index contributed by atoms with van der Waals surface area (Å²) in [5, 5.41) is 24.8. The standard InChI is InChI=1S/C8H7O.C7H6O2.2C4H11NO.Zn/c1-7(9)8-5-3-2-4-6-8;8-7(9)6-4-2-1-3-5-6;2*1-5(2)3-4-6;/h2-6H,1H2;1-5H,(H,8,9);2*6H,3-4H2,1-2H3;/q-1;;;;. The van der Waals surface area contributed by atoms with E-state index in [2.05, 4.69) is 6.92 Å². The Kier molecular flexibility index (Phi) is 24.5. The SMILES string of the molecule is CN(C)CCO.CN(C)CCO.O=C(O)c1ccccc1.[CH2-]C(=O)c1ccccc1.[Zn]. The van der Waals surface area contributed by atoms with Crippen molar-refractivity contribution in [1.29, 1.82) is 0 Å². The number of ketones is 1. The summed E-state index contributed by atoms with van der Waals surface area (Å²) in [5.41, 5.74) is 0.995. The molecule has 2 rings (SSSR count). The molecule has 0 fully saturated rings. The van der Waals surface area contributed by atoms with Gasteiger partial charge in [-0.1, -0.05) is 36.4 Å². The van der Waals surface area contributed by atoms with Crippen molar-refractivity contribution in [2.24, 2.45) is 0 Å². The summed E-state index contributed by atoms with van der Waals surface area (Å²) in [5.74, 6) is -1.01. The predicted molar refractivity (Wildman–Crippen MR) is 121 cm³/mol. The largest absolute Gasteiger partial charge is 0.478 e. The Balaban J connectivity index is -0.000000341. The molecule has 0 heterocycles. The smallest absolute Gasteiger partial charge is 0.335 e. The fourth-order valence-corrected chi connectivity index (χ4v) is 1.60. The number of likely N-dealkylation sites (N-methyl/N-ethyl adjacent to an activating group) is 2. The molecule has 0 aliphatic carbocycles. The second-order valence-corrected chi connectivity index (χ2v) is 6.51. The number of benzene rings is 2. The van der Waals surface area contributed by atoms with Crippen LogP contribution in [0, 0.1) is 6.92 Å². The van der Waals surface area contributed by atoms with Gasteiger partial charge in [0.25, 0.3) is 0 Å². The maximum atomic E-state index is 10.5. The molecule has 0 saturated heterocycles. The van der Waals surface area contributed by atoms with Crippen molar-refractivity contribution in [2.45, 2.75) is 0 Å². The Morgan fingerprint density at radius 3 is 1.19 bits per heavy atom. The molecule has 31 heavy (non-hydrogen) atoms. The van der Waals surface area contributed by atoms with Crippen LogP contribution in [0.25, 0.3) is 0 Å². The third-order valence-electron chi connectivity index (χ3n) is 3.21. The van der Waals surface area contributed by atoms with Crippen LogP contribution in [0.4, 0.5) is 0 Å². The molecule has 170 valence electrons. The van der Waals surface area contributed by atoms with Gasteiger partial charge in [-0.3, -0.25) is 0 Å². The first kappa shape index (κ1) is 33.5. The zero-order valence-electron chi connectivity index (χ0n) is 19.1. The van der Waals surface area contributed by atoms with Crippen LogP contribution in [0.2, 0.25) is 0 Å². The van der Waals surface area contributed by atoms with Gasteiger partial charge in [-0.05, 0) is 40.3 Å². The second kappa shape index (κ2) is 22.6. The van der Waals surface area contributed by atoms with E-state index < -0.39 is 5.97 Å². The third-order valence-corrected chi connectivity index (χ3v) is 3.21. The number of hydrogen-bond donors (Lipinski definition) is 3. The molecule has 0 aromatic heterocycles. The number of carboxylic acid groups (broad SMARTS) is 1. The number of carbonyl (C=O) groups is 2. The Morgan fingerprint density at radius 2 is 1.06 bits per heavy atom. The molecule has 8 heteroatoms. The molecule has 2 aromatic rings. The number of hydrogen-bond acceptors (Lipinski definition) is 6. The van der Waals surface area contributed by atoms with E-state index in [1.165, 1.54) is 0 Å². The predicted octanol–water partition coefficient (Wildman–Crippen LogP) is 2.17. The second-order valence-electron chi connectivity index (χ2n) is 6.51. The molecule has 0 bridgehead atoms.